The molecule has 7 nitrogen and oxygen atoms in total. The number of carbonyl (C=O) groups is 2. The first-order valence-corrected chi connectivity index (χ1v) is 32.3. The number of ether oxygens (including phenoxy) is 1. The van der Waals surface area contributed by atoms with Crippen LogP contribution in [0.25, 0.3) is 21.5 Å². The number of amides is 1. The molecule has 12 radical (unpaired) electrons. The Morgan fingerprint density at radius 3 is 1.49 bits per heavy atom. The van der Waals surface area contributed by atoms with Gasteiger partial charge in [-0.05, 0) is 229 Å². The summed E-state index contributed by atoms with van der Waals surface area (Å²) < 4.78 is 4.94. The first-order chi connectivity index (χ1) is 39.6. The van der Waals surface area contributed by atoms with Crippen LogP contribution >= 0.6 is 0 Å². The molecular formula is C67H94B10BrMgNO6. The van der Waals surface area contributed by atoms with Crippen molar-refractivity contribution in [1.29, 1.82) is 0 Å². The molecule has 0 spiro atoms. The standard InChI is InChI=1S/C30H38O2.C22H37NO3.C10H7.C4H8O.CH4.B10.BrH.Mg/c1-29(32)15-13-23-22(18-29)9-10-25-24(23)14-16-30(2)26(25)11-12-27(30)28(31)21-8-7-19-5-3-4-6-20(19)17-21;1-21(25)11-9-15-14(13-21)5-6-17-16(15)10-12-22(2)18(17)7-8-19(22)20(24)23(3)26-4;1-2-6-10-8-4-3-7-9(10)5-1;1-2-4-5-3-1;;1-7(2)10(8(3)4)9(5)6;;/h3-8,17,22-27,32H,9-16,18H2,1-2H3;14-19,25H,5-13H2,1-4H3;1-3,5-8H;1-4H2;1H4;;1H;/q;;-1;;;;;+2/p-1/t22-,23-,24+,25+,26-,27+,29+,30-;14-,15-,16+,17+,18-,19+,21+,22-;;;;;;/m00....../s1. The van der Waals surface area contributed by atoms with Crippen molar-refractivity contribution in [1.82, 2.24) is 5.06 Å². The average molecular weight is 1220 g/mol. The Morgan fingerprint density at radius 2 is 1.03 bits per heavy atom. The third kappa shape index (κ3) is 16.5. The number of halogens is 1. The van der Waals surface area contributed by atoms with E-state index in [1.54, 1.807) is 14.2 Å². The molecule has 1 heterocycles. The minimum absolute atomic E-state index is 0. The van der Waals surface area contributed by atoms with Crippen LogP contribution in [0.4, 0.5) is 0 Å². The fraction of sp³-hybridized carbons (Fsp3) is 0.672. The summed E-state index contributed by atoms with van der Waals surface area (Å²) >= 11 is 0. The summed E-state index contributed by atoms with van der Waals surface area (Å²) in [6.07, 6.45) is 21.2. The predicted molar refractivity (Wildman–Crippen MR) is 363 cm³/mol. The van der Waals surface area contributed by atoms with Gasteiger partial charge in [-0.25, -0.2) is 5.06 Å². The van der Waals surface area contributed by atoms with Gasteiger partial charge in [0, 0.05) is 110 Å². The van der Waals surface area contributed by atoms with Gasteiger partial charge in [0.1, 0.15) is 0 Å². The minimum atomic E-state index is -0.667. The van der Waals surface area contributed by atoms with Gasteiger partial charge in [-0.2, -0.15) is 24.3 Å². The molecule has 1 amide bonds. The molecule has 0 bridgehead atoms. The largest absolute Gasteiger partial charge is 2.00 e. The molecule has 4 aromatic carbocycles. The first kappa shape index (κ1) is 73.3. The quantitative estimate of drug-likeness (QED) is 0.0845. The summed E-state index contributed by atoms with van der Waals surface area (Å²) in [6.45, 7) is 10.9. The maximum Gasteiger partial charge on any atom is 2.00 e. The summed E-state index contributed by atoms with van der Waals surface area (Å²) in [6, 6.07) is 32.0. The van der Waals surface area contributed by atoms with Crippen LogP contribution < -0.4 is 17.0 Å². The molecule has 0 unspecified atom stereocenters. The van der Waals surface area contributed by atoms with Crippen molar-refractivity contribution in [3.63, 3.8) is 0 Å². The van der Waals surface area contributed by atoms with E-state index in [0.717, 1.165) is 105 Å². The minimum Gasteiger partial charge on any atom is -1.00 e. The van der Waals surface area contributed by atoms with Gasteiger partial charge in [-0.15, -0.1) is 16.8 Å². The number of carbonyl (C=O) groups excluding carboxylic acids is 2. The zero-order valence-corrected chi connectivity index (χ0v) is 55.4. The van der Waals surface area contributed by atoms with E-state index in [-0.39, 0.29) is 76.0 Å². The number of aliphatic hydroxyl groups is 2. The molecule has 86 heavy (non-hydrogen) atoms. The van der Waals surface area contributed by atoms with Crippen LogP contribution in [0.1, 0.15) is 174 Å². The predicted octanol–water partition coefficient (Wildman–Crippen LogP) is 7.96. The number of Topliss-reactive ketones (excluding diaryl/α,β-unsaturated/α-hetero) is 1. The van der Waals surface area contributed by atoms with Crippen molar-refractivity contribution >= 4 is 128 Å². The van der Waals surface area contributed by atoms with Gasteiger partial charge in [-0.1, -0.05) is 75.9 Å². The molecule has 2 N–H and O–H groups in total. The Hall–Kier alpha value is -1.72. The molecule has 9 fully saturated rings. The molecule has 13 rings (SSSR count). The number of hydroxylamine groups is 2. The fourth-order valence-electron chi connectivity index (χ4n) is 19.2. The van der Waals surface area contributed by atoms with Gasteiger partial charge >= 0.3 is 23.1 Å². The van der Waals surface area contributed by atoms with E-state index in [9.17, 15) is 19.8 Å². The second kappa shape index (κ2) is 31.7. The van der Waals surface area contributed by atoms with E-state index in [0.29, 0.717) is 17.6 Å². The average Bonchev–Trinajstić information content (AvgIpc) is 1.48. The molecular weight excluding hydrogens is 1130 g/mol. The van der Waals surface area contributed by atoms with Crippen molar-refractivity contribution in [2.24, 2.45) is 81.8 Å². The molecule has 442 valence electrons. The van der Waals surface area contributed by atoms with Crippen molar-refractivity contribution < 1.29 is 46.4 Å². The molecule has 9 aliphatic rings. The summed E-state index contributed by atoms with van der Waals surface area (Å²) in [5.41, 5.74) is 0.347. The van der Waals surface area contributed by atoms with E-state index >= 15 is 0 Å². The van der Waals surface area contributed by atoms with Gasteiger partial charge in [0.25, 0.3) is 0 Å². The zero-order valence-electron chi connectivity index (χ0n) is 52.4. The maximum atomic E-state index is 13.8. The normalized spacial score (nSPS) is 34.9. The number of nitrogens with zero attached hydrogens (tertiary/aromatic N) is 1. The van der Waals surface area contributed by atoms with Crippen LogP contribution in [0.2, 0.25) is 0 Å². The second-order valence-corrected chi connectivity index (χ2v) is 28.5. The van der Waals surface area contributed by atoms with Crippen molar-refractivity contribution in [3.05, 3.63) is 96.6 Å². The topological polar surface area (TPSA) is 96.3 Å². The third-order valence-electron chi connectivity index (χ3n) is 23.5. The van der Waals surface area contributed by atoms with Gasteiger partial charge in [0.15, 0.2) is 5.78 Å². The van der Waals surface area contributed by atoms with Gasteiger partial charge in [0.2, 0.25) is 5.91 Å². The van der Waals surface area contributed by atoms with Crippen LogP contribution in [-0.2, 0) is 14.4 Å². The summed E-state index contributed by atoms with van der Waals surface area (Å²) in [5, 5.41) is 27.5. The Balaban J connectivity index is 0.000000194. The number of rotatable bonds is 7. The molecule has 0 aromatic heterocycles. The molecule has 1 aliphatic heterocycles. The first-order valence-electron chi connectivity index (χ1n) is 32.3. The number of hydrogen-bond acceptors (Lipinski definition) is 6. The maximum absolute atomic E-state index is 13.8. The monoisotopic (exact) mass is 1220 g/mol. The number of ketones is 1. The summed E-state index contributed by atoms with van der Waals surface area (Å²) in [5.74, 6) is 8.61. The number of benzene rings is 4. The van der Waals surface area contributed by atoms with Crippen LogP contribution in [0.3, 0.4) is 0 Å². The van der Waals surface area contributed by atoms with Gasteiger partial charge < -0.3 is 31.9 Å². The van der Waals surface area contributed by atoms with E-state index in [4.69, 9.17) is 56.0 Å². The van der Waals surface area contributed by atoms with Crippen molar-refractivity contribution in [2.75, 3.05) is 27.4 Å². The summed E-state index contributed by atoms with van der Waals surface area (Å²) in [7, 11) is 35.1. The molecule has 19 heteroatoms. The SMILES string of the molecule is C.C1CCOC1.CON(C)C(=O)[C@H]1CC[C@H]2[C@@H]3CC[C@H]4C[C@](C)(O)CC[C@@H]4[C@H]3CC[C@]12C.C[C@@]1(O)CC[C@H]2[C@@H](CC[C@@H]3[C@@H]2CC[C@]2(C)[C@@H](C(=O)c4ccc5ccccc5c4)CC[C@@H]32)C1.[B]B([B])B(B([B])[B])B([B])[B].[Br-].[Mg+2].[c-]1ccc2ccccc2c1. The number of hydrogen-bond donors (Lipinski definition) is 2. The Kier molecular flexibility index (Phi) is 27.1. The van der Waals surface area contributed by atoms with Crippen molar-refractivity contribution in [2.45, 2.75) is 175 Å². The molecule has 8 saturated carbocycles. The van der Waals surface area contributed by atoms with Crippen molar-refractivity contribution in [3.8, 4) is 0 Å². The Labute approximate surface area is 556 Å². The Morgan fingerprint density at radius 1 is 0.581 bits per heavy atom. The van der Waals surface area contributed by atoms with Crippen LogP contribution in [0.15, 0.2) is 84.9 Å². The van der Waals surface area contributed by atoms with Gasteiger partial charge in [0.05, 0.1) is 18.3 Å². The molecule has 8 aliphatic carbocycles. The fourth-order valence-corrected chi connectivity index (χ4v) is 19.2. The van der Waals surface area contributed by atoms with E-state index < -0.39 is 36.7 Å². The van der Waals surface area contributed by atoms with Crippen LogP contribution in [0, 0.1) is 87.9 Å². The molecule has 4 aromatic rings. The smallest absolute Gasteiger partial charge is 1.00 e. The van der Waals surface area contributed by atoms with Crippen LogP contribution in [0.5, 0.6) is 0 Å². The summed E-state index contributed by atoms with van der Waals surface area (Å²) in [4.78, 5) is 31.9. The third-order valence-corrected chi connectivity index (χ3v) is 23.5. The molecule has 1 saturated heterocycles. The second-order valence-electron chi connectivity index (χ2n) is 28.5. The van der Waals surface area contributed by atoms with E-state index in [1.165, 1.54) is 116 Å². The zero-order chi connectivity index (χ0) is 59.4. The number of fused-ring (bicyclic) bond motifs is 12. The van der Waals surface area contributed by atoms with E-state index in [1.807, 2.05) is 38.1 Å². The molecule has 16 atom stereocenters. The van der Waals surface area contributed by atoms with Gasteiger partial charge in [-0.3, -0.25) is 14.4 Å². The van der Waals surface area contributed by atoms with E-state index in [2.05, 4.69) is 80.6 Å². The Bertz CT molecular complexity index is 2710. The van der Waals surface area contributed by atoms with Crippen LogP contribution in [-0.4, -0.2) is 161 Å².